The molecule has 110 valence electrons. The van der Waals surface area contributed by atoms with Crippen molar-refractivity contribution in [1.82, 2.24) is 0 Å². The van der Waals surface area contributed by atoms with Crippen LogP contribution in [-0.2, 0) is 11.3 Å². The summed E-state index contributed by atoms with van der Waals surface area (Å²) in [6.07, 6.45) is 0. The largest absolute Gasteiger partial charge is 0.307 e. The molecule has 0 unspecified atom stereocenters. The van der Waals surface area contributed by atoms with Gasteiger partial charge < -0.3 is 4.90 Å². The van der Waals surface area contributed by atoms with E-state index in [-0.39, 0.29) is 11.8 Å². The third kappa shape index (κ3) is 4.23. The first-order valence-corrected chi connectivity index (χ1v) is 7.60. The third-order valence-corrected chi connectivity index (χ3v) is 3.63. The summed E-state index contributed by atoms with van der Waals surface area (Å²) in [5.41, 5.74) is 4.06. The quantitative estimate of drug-likeness (QED) is 0.745. The molecule has 1 amide bonds. The molecular formula is C17H17Cl2NO. The van der Waals surface area contributed by atoms with Crippen molar-refractivity contribution in [2.75, 3.05) is 10.8 Å². The first-order valence-electron chi connectivity index (χ1n) is 6.68. The van der Waals surface area contributed by atoms with Gasteiger partial charge in [-0.2, -0.15) is 0 Å². The van der Waals surface area contributed by atoms with Gasteiger partial charge in [-0.05, 0) is 54.8 Å². The topological polar surface area (TPSA) is 20.3 Å². The molecular weight excluding hydrogens is 305 g/mol. The summed E-state index contributed by atoms with van der Waals surface area (Å²) in [6.45, 7) is 4.48. The number of nitrogens with zero attached hydrogens (tertiary/aromatic N) is 1. The van der Waals surface area contributed by atoms with Crippen LogP contribution < -0.4 is 4.90 Å². The molecule has 0 aromatic heterocycles. The lowest BCUT2D eigenvalue weighted by atomic mass is 10.1. The number of aryl methyl sites for hydroxylation is 2. The fraction of sp³-hybridized carbons (Fsp3) is 0.235. The van der Waals surface area contributed by atoms with Crippen LogP contribution in [0.4, 0.5) is 5.69 Å². The molecule has 0 saturated carbocycles. The molecule has 0 spiro atoms. The summed E-state index contributed by atoms with van der Waals surface area (Å²) in [7, 11) is 0. The van der Waals surface area contributed by atoms with Crippen molar-refractivity contribution >= 4 is 34.8 Å². The monoisotopic (exact) mass is 321 g/mol. The van der Waals surface area contributed by atoms with Crippen molar-refractivity contribution in [2.24, 2.45) is 0 Å². The lowest BCUT2D eigenvalue weighted by Gasteiger charge is -2.23. The Kier molecular flexibility index (Phi) is 5.27. The van der Waals surface area contributed by atoms with Crippen LogP contribution in [-0.4, -0.2) is 11.8 Å². The molecule has 0 aliphatic heterocycles. The second kappa shape index (κ2) is 6.97. The average molecular weight is 322 g/mol. The molecule has 2 aromatic rings. The van der Waals surface area contributed by atoms with Crippen LogP contribution in [0.25, 0.3) is 0 Å². The van der Waals surface area contributed by atoms with Crippen LogP contribution in [0.1, 0.15) is 16.7 Å². The van der Waals surface area contributed by atoms with Crippen molar-refractivity contribution < 1.29 is 4.79 Å². The van der Waals surface area contributed by atoms with Crippen molar-refractivity contribution in [3.63, 3.8) is 0 Å². The highest BCUT2D eigenvalue weighted by atomic mass is 35.5. The summed E-state index contributed by atoms with van der Waals surface area (Å²) < 4.78 is 0. The molecule has 0 fully saturated rings. The van der Waals surface area contributed by atoms with Crippen LogP contribution >= 0.6 is 23.2 Å². The predicted octanol–water partition coefficient (Wildman–Crippen LogP) is 4.73. The molecule has 0 atom stereocenters. The first-order chi connectivity index (χ1) is 9.99. The minimum Gasteiger partial charge on any atom is -0.307 e. The number of hydrogen-bond donors (Lipinski definition) is 0. The highest BCUT2D eigenvalue weighted by molar-refractivity contribution is 6.30. The Hall–Kier alpha value is -1.51. The third-order valence-electron chi connectivity index (χ3n) is 3.16. The molecule has 21 heavy (non-hydrogen) atoms. The highest BCUT2D eigenvalue weighted by Crippen LogP contribution is 2.22. The van der Waals surface area contributed by atoms with Gasteiger partial charge in [-0.25, -0.2) is 0 Å². The predicted molar refractivity (Wildman–Crippen MR) is 89.3 cm³/mol. The number of halogens is 2. The number of rotatable bonds is 4. The summed E-state index contributed by atoms with van der Waals surface area (Å²) in [5.74, 6) is -0.172. The number of amides is 1. The zero-order chi connectivity index (χ0) is 15.4. The Bertz CT molecular complexity index is 635. The fourth-order valence-electron chi connectivity index (χ4n) is 2.32. The van der Waals surface area contributed by atoms with E-state index in [1.165, 1.54) is 0 Å². The summed E-state index contributed by atoms with van der Waals surface area (Å²) in [6, 6.07) is 13.6. The summed E-state index contributed by atoms with van der Waals surface area (Å²) in [4.78, 5) is 13.9. The van der Waals surface area contributed by atoms with E-state index < -0.39 is 0 Å². The number of carbonyl (C=O) groups is 1. The number of hydrogen-bond acceptors (Lipinski definition) is 1. The molecule has 0 aliphatic carbocycles. The van der Waals surface area contributed by atoms with Crippen molar-refractivity contribution in [2.45, 2.75) is 20.4 Å². The fourth-order valence-corrected chi connectivity index (χ4v) is 2.68. The van der Waals surface area contributed by atoms with Crippen molar-refractivity contribution in [3.8, 4) is 0 Å². The van der Waals surface area contributed by atoms with Crippen LogP contribution in [0.3, 0.4) is 0 Å². The Morgan fingerprint density at radius 1 is 1.10 bits per heavy atom. The summed E-state index contributed by atoms with van der Waals surface area (Å²) >= 11 is 11.8. The Balaban J connectivity index is 2.36. The molecule has 0 aliphatic rings. The van der Waals surface area contributed by atoms with Gasteiger partial charge in [0.15, 0.2) is 0 Å². The molecule has 0 radical (unpaired) electrons. The van der Waals surface area contributed by atoms with Gasteiger partial charge in [0.2, 0.25) is 5.91 Å². The maximum atomic E-state index is 12.2. The van der Waals surface area contributed by atoms with Gasteiger partial charge in [-0.1, -0.05) is 29.8 Å². The van der Waals surface area contributed by atoms with E-state index in [4.69, 9.17) is 23.2 Å². The van der Waals surface area contributed by atoms with Crippen molar-refractivity contribution in [3.05, 3.63) is 64.2 Å². The van der Waals surface area contributed by atoms with E-state index in [1.54, 1.807) is 4.90 Å². The smallest absolute Gasteiger partial charge is 0.242 e. The van der Waals surface area contributed by atoms with Gasteiger partial charge in [0.05, 0.1) is 6.54 Å². The van der Waals surface area contributed by atoms with Crippen LogP contribution in [0.2, 0.25) is 5.02 Å². The highest BCUT2D eigenvalue weighted by Gasteiger charge is 2.16. The molecule has 0 heterocycles. The van der Waals surface area contributed by atoms with Crippen LogP contribution in [0, 0.1) is 13.8 Å². The molecule has 0 N–H and O–H groups in total. The normalized spacial score (nSPS) is 10.5. The molecule has 4 heteroatoms. The number of carbonyl (C=O) groups excluding carboxylic acids is 1. The number of alkyl halides is 1. The van der Waals surface area contributed by atoms with Gasteiger partial charge in [0.1, 0.15) is 5.88 Å². The zero-order valence-electron chi connectivity index (χ0n) is 12.1. The van der Waals surface area contributed by atoms with Gasteiger partial charge in [0, 0.05) is 10.7 Å². The molecule has 0 bridgehead atoms. The standard InChI is InChI=1S/C17H17Cl2NO/c1-12-6-13(2)8-16(7-12)20(17(21)10-18)11-14-4-3-5-15(19)9-14/h3-9H,10-11H2,1-2H3. The lowest BCUT2D eigenvalue weighted by Crippen LogP contribution is -2.31. The van der Waals surface area contributed by atoms with E-state index in [2.05, 4.69) is 6.07 Å². The summed E-state index contributed by atoms with van der Waals surface area (Å²) in [5, 5.41) is 0.659. The van der Waals surface area contributed by atoms with Gasteiger partial charge in [-0.3, -0.25) is 4.79 Å². The Morgan fingerprint density at radius 3 is 2.33 bits per heavy atom. The Morgan fingerprint density at radius 2 is 1.76 bits per heavy atom. The average Bonchev–Trinajstić information content (AvgIpc) is 2.43. The van der Waals surface area contributed by atoms with Gasteiger partial charge >= 0.3 is 0 Å². The van der Waals surface area contributed by atoms with Crippen LogP contribution in [0.5, 0.6) is 0 Å². The van der Waals surface area contributed by atoms with E-state index >= 15 is 0 Å². The number of anilines is 1. The van der Waals surface area contributed by atoms with Crippen LogP contribution in [0.15, 0.2) is 42.5 Å². The second-order valence-electron chi connectivity index (χ2n) is 5.09. The SMILES string of the molecule is Cc1cc(C)cc(N(Cc2cccc(Cl)c2)C(=O)CCl)c1. The number of benzene rings is 2. The maximum absolute atomic E-state index is 12.2. The lowest BCUT2D eigenvalue weighted by molar-refractivity contribution is -0.116. The van der Waals surface area contributed by atoms with E-state index in [0.717, 1.165) is 22.4 Å². The minimum absolute atomic E-state index is 0.0481. The minimum atomic E-state index is -0.123. The van der Waals surface area contributed by atoms with E-state index in [1.807, 2.05) is 50.2 Å². The molecule has 2 aromatic carbocycles. The zero-order valence-corrected chi connectivity index (χ0v) is 13.6. The molecule has 2 rings (SSSR count). The second-order valence-corrected chi connectivity index (χ2v) is 5.79. The van der Waals surface area contributed by atoms with Crippen molar-refractivity contribution in [1.29, 1.82) is 0 Å². The Labute approximate surface area is 135 Å². The molecule has 2 nitrogen and oxygen atoms in total. The van der Waals surface area contributed by atoms with E-state index in [9.17, 15) is 4.79 Å². The maximum Gasteiger partial charge on any atom is 0.242 e. The molecule has 0 saturated heterocycles. The van der Waals surface area contributed by atoms with Gasteiger partial charge in [-0.15, -0.1) is 11.6 Å². The van der Waals surface area contributed by atoms with E-state index in [0.29, 0.717) is 11.6 Å². The van der Waals surface area contributed by atoms with Gasteiger partial charge in [0.25, 0.3) is 0 Å². The first kappa shape index (κ1) is 15.9.